The zero-order valence-corrected chi connectivity index (χ0v) is 9.55. The number of benzene rings is 1. The van der Waals surface area contributed by atoms with Gasteiger partial charge in [-0.1, -0.05) is 12.1 Å². The van der Waals surface area contributed by atoms with Gasteiger partial charge in [-0.15, -0.1) is 0 Å². The highest BCUT2D eigenvalue weighted by Gasteiger charge is 2.15. The first-order chi connectivity index (χ1) is 7.66. The first kappa shape index (κ1) is 12.4. The van der Waals surface area contributed by atoms with Gasteiger partial charge >= 0.3 is 0 Å². The number of methoxy groups -OCH3 is 1. The second kappa shape index (κ2) is 6.07. The summed E-state index contributed by atoms with van der Waals surface area (Å²) in [5, 5.41) is 10.8. The van der Waals surface area contributed by atoms with Gasteiger partial charge in [0.15, 0.2) is 0 Å². The van der Waals surface area contributed by atoms with E-state index >= 15 is 0 Å². The van der Waals surface area contributed by atoms with Gasteiger partial charge in [-0.25, -0.2) is 0 Å². The molecule has 0 spiro atoms. The maximum atomic E-state index is 10.8. The van der Waals surface area contributed by atoms with E-state index < -0.39 is 0 Å². The van der Waals surface area contributed by atoms with Crippen molar-refractivity contribution in [2.24, 2.45) is 0 Å². The molecular weight excluding hydrogens is 208 g/mol. The molecule has 5 heteroatoms. The fourth-order valence-electron chi connectivity index (χ4n) is 1.51. The van der Waals surface area contributed by atoms with Crippen molar-refractivity contribution in [2.45, 2.75) is 6.42 Å². The van der Waals surface area contributed by atoms with Crippen molar-refractivity contribution >= 4 is 11.4 Å². The normalized spacial score (nSPS) is 10.1. The SMILES string of the molecule is COCCCN(C)c1ccccc1[N+](=O)[O-]. The van der Waals surface area contributed by atoms with Crippen molar-refractivity contribution in [1.29, 1.82) is 0 Å². The van der Waals surface area contributed by atoms with Gasteiger partial charge in [-0.3, -0.25) is 10.1 Å². The van der Waals surface area contributed by atoms with Crippen LogP contribution in [0.15, 0.2) is 24.3 Å². The summed E-state index contributed by atoms with van der Waals surface area (Å²) >= 11 is 0. The number of nitrogens with zero attached hydrogens (tertiary/aromatic N) is 2. The highest BCUT2D eigenvalue weighted by molar-refractivity contribution is 5.62. The number of para-hydroxylation sites is 2. The van der Waals surface area contributed by atoms with Crippen molar-refractivity contribution in [3.8, 4) is 0 Å². The maximum Gasteiger partial charge on any atom is 0.292 e. The van der Waals surface area contributed by atoms with Crippen LogP contribution in [0.5, 0.6) is 0 Å². The third kappa shape index (κ3) is 3.20. The Kier molecular flexibility index (Phi) is 4.72. The summed E-state index contributed by atoms with van der Waals surface area (Å²) in [5.41, 5.74) is 0.783. The van der Waals surface area contributed by atoms with Crippen molar-refractivity contribution < 1.29 is 9.66 Å². The second-order valence-corrected chi connectivity index (χ2v) is 3.51. The highest BCUT2D eigenvalue weighted by atomic mass is 16.6. The molecular formula is C11H16N2O3. The molecule has 0 amide bonds. The van der Waals surface area contributed by atoms with E-state index in [9.17, 15) is 10.1 Å². The number of nitro benzene ring substituents is 1. The summed E-state index contributed by atoms with van der Waals surface area (Å²) in [7, 11) is 3.49. The molecule has 0 heterocycles. The Bertz CT molecular complexity index is 355. The summed E-state index contributed by atoms with van der Waals surface area (Å²) in [4.78, 5) is 12.3. The molecule has 0 saturated carbocycles. The monoisotopic (exact) mass is 224 g/mol. The summed E-state index contributed by atoms with van der Waals surface area (Å²) in [6.45, 7) is 1.39. The molecule has 88 valence electrons. The van der Waals surface area contributed by atoms with E-state index in [-0.39, 0.29) is 10.6 Å². The predicted octanol–water partition coefficient (Wildman–Crippen LogP) is 2.07. The molecule has 0 aliphatic rings. The van der Waals surface area contributed by atoms with Crippen LogP contribution in [-0.2, 0) is 4.74 Å². The molecule has 0 aliphatic carbocycles. The minimum Gasteiger partial charge on any atom is -0.385 e. The topological polar surface area (TPSA) is 55.6 Å². The van der Waals surface area contributed by atoms with Crippen LogP contribution >= 0.6 is 0 Å². The van der Waals surface area contributed by atoms with Gasteiger partial charge < -0.3 is 9.64 Å². The van der Waals surface area contributed by atoms with Gasteiger partial charge in [-0.2, -0.15) is 0 Å². The van der Waals surface area contributed by atoms with E-state index in [1.807, 2.05) is 11.9 Å². The van der Waals surface area contributed by atoms with Crippen molar-refractivity contribution in [1.82, 2.24) is 0 Å². The Balaban J connectivity index is 2.74. The Hall–Kier alpha value is -1.62. The van der Waals surface area contributed by atoms with E-state index in [0.717, 1.165) is 13.0 Å². The van der Waals surface area contributed by atoms with E-state index in [1.165, 1.54) is 6.07 Å². The van der Waals surface area contributed by atoms with Crippen LogP contribution in [0.3, 0.4) is 0 Å². The number of hydrogen-bond donors (Lipinski definition) is 0. The smallest absolute Gasteiger partial charge is 0.292 e. The van der Waals surface area contributed by atoms with Crippen LogP contribution in [-0.4, -0.2) is 32.2 Å². The fraction of sp³-hybridized carbons (Fsp3) is 0.455. The minimum absolute atomic E-state index is 0.141. The van der Waals surface area contributed by atoms with Crippen LogP contribution in [0, 0.1) is 10.1 Å². The van der Waals surface area contributed by atoms with E-state index in [1.54, 1.807) is 25.3 Å². The van der Waals surface area contributed by atoms with Crippen molar-refractivity contribution in [3.63, 3.8) is 0 Å². The number of ether oxygens (including phenoxy) is 1. The average molecular weight is 224 g/mol. The predicted molar refractivity (Wildman–Crippen MR) is 62.9 cm³/mol. The van der Waals surface area contributed by atoms with Crippen molar-refractivity contribution in [3.05, 3.63) is 34.4 Å². The van der Waals surface area contributed by atoms with Gasteiger partial charge in [0.2, 0.25) is 0 Å². The van der Waals surface area contributed by atoms with E-state index in [4.69, 9.17) is 4.74 Å². The quantitative estimate of drug-likeness (QED) is 0.421. The lowest BCUT2D eigenvalue weighted by atomic mass is 10.2. The molecule has 16 heavy (non-hydrogen) atoms. The summed E-state index contributed by atoms with van der Waals surface area (Å²) in [6.07, 6.45) is 0.846. The molecule has 0 unspecified atom stereocenters. The third-order valence-corrected chi connectivity index (χ3v) is 2.33. The zero-order chi connectivity index (χ0) is 12.0. The van der Waals surface area contributed by atoms with Gasteiger partial charge in [-0.05, 0) is 12.5 Å². The zero-order valence-electron chi connectivity index (χ0n) is 9.55. The van der Waals surface area contributed by atoms with Gasteiger partial charge in [0.1, 0.15) is 5.69 Å². The lowest BCUT2D eigenvalue weighted by Gasteiger charge is -2.18. The van der Waals surface area contributed by atoms with Crippen molar-refractivity contribution in [2.75, 3.05) is 32.2 Å². The second-order valence-electron chi connectivity index (χ2n) is 3.51. The summed E-state index contributed by atoms with van der Waals surface area (Å²) < 4.78 is 4.95. The molecule has 0 aliphatic heterocycles. The largest absolute Gasteiger partial charge is 0.385 e. The minimum atomic E-state index is -0.359. The summed E-state index contributed by atoms with van der Waals surface area (Å²) in [5.74, 6) is 0. The number of anilines is 1. The lowest BCUT2D eigenvalue weighted by molar-refractivity contribution is -0.384. The van der Waals surface area contributed by atoms with E-state index in [2.05, 4.69) is 0 Å². The highest BCUT2D eigenvalue weighted by Crippen LogP contribution is 2.26. The molecule has 0 aromatic heterocycles. The summed E-state index contributed by atoms with van der Waals surface area (Å²) in [6, 6.07) is 6.74. The molecule has 1 rings (SSSR count). The standard InChI is InChI=1S/C11H16N2O3/c1-12(8-5-9-16-2)10-6-3-4-7-11(10)13(14)15/h3-4,6-7H,5,8-9H2,1-2H3. The first-order valence-corrected chi connectivity index (χ1v) is 5.10. The molecule has 0 fully saturated rings. The van der Waals surface area contributed by atoms with Gasteiger partial charge in [0.25, 0.3) is 5.69 Å². The van der Waals surface area contributed by atoms with Crippen LogP contribution in [0.2, 0.25) is 0 Å². The van der Waals surface area contributed by atoms with Gasteiger partial charge in [0, 0.05) is 33.4 Å². The number of hydrogen-bond acceptors (Lipinski definition) is 4. The Labute approximate surface area is 94.8 Å². The fourth-order valence-corrected chi connectivity index (χ4v) is 1.51. The van der Waals surface area contributed by atoms with Crippen LogP contribution in [0.4, 0.5) is 11.4 Å². The number of rotatable bonds is 6. The molecule has 1 aromatic carbocycles. The lowest BCUT2D eigenvalue weighted by Crippen LogP contribution is -2.20. The Morgan fingerprint density at radius 1 is 1.44 bits per heavy atom. The molecule has 5 nitrogen and oxygen atoms in total. The Morgan fingerprint density at radius 3 is 2.75 bits per heavy atom. The molecule has 1 aromatic rings. The first-order valence-electron chi connectivity index (χ1n) is 5.10. The molecule has 0 saturated heterocycles. The molecule has 0 atom stereocenters. The molecule has 0 bridgehead atoms. The maximum absolute atomic E-state index is 10.8. The molecule has 0 N–H and O–H groups in total. The Morgan fingerprint density at radius 2 is 2.12 bits per heavy atom. The average Bonchev–Trinajstić information content (AvgIpc) is 2.29. The van der Waals surface area contributed by atoms with Crippen LogP contribution < -0.4 is 4.90 Å². The van der Waals surface area contributed by atoms with Crippen LogP contribution in [0.25, 0.3) is 0 Å². The van der Waals surface area contributed by atoms with Crippen LogP contribution in [0.1, 0.15) is 6.42 Å². The number of nitro groups is 1. The third-order valence-electron chi connectivity index (χ3n) is 2.33. The van der Waals surface area contributed by atoms with E-state index in [0.29, 0.717) is 12.3 Å². The molecule has 0 radical (unpaired) electrons. The van der Waals surface area contributed by atoms with Gasteiger partial charge in [0.05, 0.1) is 4.92 Å².